The van der Waals surface area contributed by atoms with Gasteiger partial charge >= 0.3 is 5.69 Å². The second kappa shape index (κ2) is 8.68. The van der Waals surface area contributed by atoms with Crippen LogP contribution in [0.5, 0.6) is 11.5 Å². The Morgan fingerprint density at radius 1 is 1.10 bits per heavy atom. The molecule has 6 heteroatoms. The summed E-state index contributed by atoms with van der Waals surface area (Å²) < 4.78 is 12.7. The minimum Gasteiger partial charge on any atom is -0.493 e. The first-order valence-electron chi connectivity index (χ1n) is 10.5. The molecule has 6 nitrogen and oxygen atoms in total. The Morgan fingerprint density at radius 3 is 2.65 bits per heavy atom. The monoisotopic (exact) mass is 417 g/mol. The zero-order valence-electron chi connectivity index (χ0n) is 18.3. The van der Waals surface area contributed by atoms with Crippen LogP contribution in [0.1, 0.15) is 37.8 Å². The van der Waals surface area contributed by atoms with E-state index in [0.29, 0.717) is 36.2 Å². The van der Waals surface area contributed by atoms with E-state index in [1.807, 2.05) is 43.5 Å². The molecule has 160 valence electrons. The third-order valence-electron chi connectivity index (χ3n) is 5.37. The number of methoxy groups -OCH3 is 1. The quantitative estimate of drug-likeness (QED) is 0.461. The average Bonchev–Trinajstić information content (AvgIpc) is 3.08. The first-order chi connectivity index (χ1) is 15.0. The Labute approximate surface area is 181 Å². The summed E-state index contributed by atoms with van der Waals surface area (Å²) in [5.41, 5.74) is 5.48. The summed E-state index contributed by atoms with van der Waals surface area (Å²) in [6.07, 6.45) is 1.84. The number of benzene rings is 2. The number of fused-ring (bicyclic) bond motifs is 1. The van der Waals surface area contributed by atoms with Gasteiger partial charge in [-0.25, -0.2) is 9.78 Å². The maximum Gasteiger partial charge on any atom is 0.327 e. The molecule has 2 aromatic carbocycles. The van der Waals surface area contributed by atoms with E-state index in [1.165, 1.54) is 5.56 Å². The second-order valence-electron chi connectivity index (χ2n) is 7.77. The van der Waals surface area contributed by atoms with Crippen molar-refractivity contribution in [1.29, 1.82) is 0 Å². The van der Waals surface area contributed by atoms with E-state index in [2.05, 4.69) is 42.0 Å². The summed E-state index contributed by atoms with van der Waals surface area (Å²) in [5.74, 6) is 1.73. The zero-order chi connectivity index (χ0) is 22.0. The molecule has 4 rings (SSSR count). The molecule has 1 N–H and O–H groups in total. The third kappa shape index (κ3) is 4.06. The lowest BCUT2D eigenvalue weighted by Crippen LogP contribution is -2.17. The van der Waals surface area contributed by atoms with E-state index in [9.17, 15) is 4.79 Å². The number of H-pyrrole nitrogens is 1. The number of nitrogens with one attached hydrogen (secondary N) is 1. The number of aromatic nitrogens is 3. The van der Waals surface area contributed by atoms with Gasteiger partial charge < -0.3 is 14.5 Å². The van der Waals surface area contributed by atoms with Crippen LogP contribution in [0.3, 0.4) is 0 Å². The number of aromatic amines is 1. The first kappa shape index (κ1) is 20.7. The summed E-state index contributed by atoms with van der Waals surface area (Å²) in [4.78, 5) is 20.3. The van der Waals surface area contributed by atoms with Gasteiger partial charge in [0.2, 0.25) is 0 Å². The van der Waals surface area contributed by atoms with Crippen LogP contribution in [0.25, 0.3) is 22.3 Å². The van der Waals surface area contributed by atoms with Gasteiger partial charge in [-0.3, -0.25) is 4.57 Å². The zero-order valence-corrected chi connectivity index (χ0v) is 18.3. The normalized spacial score (nSPS) is 11.3. The molecule has 0 fully saturated rings. The fourth-order valence-electron chi connectivity index (χ4n) is 3.87. The van der Waals surface area contributed by atoms with Crippen LogP contribution in [-0.2, 0) is 6.54 Å². The van der Waals surface area contributed by atoms with Gasteiger partial charge in [0.05, 0.1) is 25.8 Å². The highest BCUT2D eigenvalue weighted by atomic mass is 16.5. The minimum absolute atomic E-state index is 0.189. The van der Waals surface area contributed by atoms with Crippen molar-refractivity contribution in [2.75, 3.05) is 13.7 Å². The molecule has 0 bridgehead atoms. The Balaban J connectivity index is 1.72. The average molecular weight is 418 g/mol. The Morgan fingerprint density at radius 2 is 1.90 bits per heavy atom. The fraction of sp³-hybridized carbons (Fsp3) is 0.280. The van der Waals surface area contributed by atoms with Crippen LogP contribution in [0, 0.1) is 0 Å². The second-order valence-corrected chi connectivity index (χ2v) is 7.77. The summed E-state index contributed by atoms with van der Waals surface area (Å²) >= 11 is 0. The molecule has 0 unspecified atom stereocenters. The van der Waals surface area contributed by atoms with Crippen molar-refractivity contribution in [3.8, 4) is 22.6 Å². The lowest BCUT2D eigenvalue weighted by molar-refractivity contribution is 0.310. The number of hydrogen-bond acceptors (Lipinski definition) is 4. The molecule has 0 saturated heterocycles. The molecule has 0 radical (unpaired) electrons. The SMILES string of the molecule is CCOc1cc(Cn2c(=O)[nH]c3cc(-c4ccccc4C(C)C)cnc32)ccc1OC. The largest absolute Gasteiger partial charge is 0.493 e. The highest BCUT2D eigenvalue weighted by molar-refractivity contribution is 5.79. The molecule has 31 heavy (non-hydrogen) atoms. The van der Waals surface area contributed by atoms with E-state index >= 15 is 0 Å². The molecule has 0 aliphatic carbocycles. The molecule has 2 heterocycles. The van der Waals surface area contributed by atoms with Gasteiger partial charge in [0, 0.05) is 11.8 Å². The third-order valence-corrected chi connectivity index (χ3v) is 5.37. The van der Waals surface area contributed by atoms with Crippen LogP contribution in [0.2, 0.25) is 0 Å². The van der Waals surface area contributed by atoms with E-state index in [4.69, 9.17) is 9.47 Å². The van der Waals surface area contributed by atoms with Crippen LogP contribution in [0.4, 0.5) is 0 Å². The molecule has 0 aliphatic rings. The summed E-state index contributed by atoms with van der Waals surface area (Å²) in [5, 5.41) is 0. The van der Waals surface area contributed by atoms with Crippen molar-refractivity contribution in [3.05, 3.63) is 76.3 Å². The Hall–Kier alpha value is -3.54. The van der Waals surface area contributed by atoms with Crippen molar-refractivity contribution in [1.82, 2.24) is 14.5 Å². The Bertz CT molecular complexity index is 1270. The highest BCUT2D eigenvalue weighted by Gasteiger charge is 2.14. The molecule has 0 atom stereocenters. The summed E-state index contributed by atoms with van der Waals surface area (Å²) in [6, 6.07) is 16.0. The van der Waals surface area contributed by atoms with Gasteiger partial charge in [0.25, 0.3) is 0 Å². The molecular formula is C25H27N3O3. The number of imidazole rings is 1. The van der Waals surface area contributed by atoms with Gasteiger partial charge in [0.1, 0.15) is 0 Å². The standard InChI is InChI=1S/C25H27N3O3/c1-5-31-23-12-17(10-11-22(23)30-4)15-28-24-21(27-25(28)29)13-18(14-26-24)20-9-7-6-8-19(20)16(2)3/h6-14,16H,5,15H2,1-4H3,(H,27,29). The number of rotatable bonds is 7. The molecular weight excluding hydrogens is 390 g/mol. The molecule has 2 aromatic heterocycles. The van der Waals surface area contributed by atoms with Gasteiger partial charge in [-0.1, -0.05) is 44.2 Å². The van der Waals surface area contributed by atoms with E-state index < -0.39 is 0 Å². The maximum absolute atomic E-state index is 12.7. The van der Waals surface area contributed by atoms with Crippen LogP contribution >= 0.6 is 0 Å². The lowest BCUT2D eigenvalue weighted by Gasteiger charge is -2.13. The van der Waals surface area contributed by atoms with Crippen LogP contribution in [-0.4, -0.2) is 28.3 Å². The number of nitrogens with zero attached hydrogens (tertiary/aromatic N) is 2. The van der Waals surface area contributed by atoms with Crippen LogP contribution in [0.15, 0.2) is 59.5 Å². The number of pyridine rings is 1. The van der Waals surface area contributed by atoms with Gasteiger partial charge in [0.15, 0.2) is 17.1 Å². The smallest absolute Gasteiger partial charge is 0.327 e. The molecule has 0 saturated carbocycles. The van der Waals surface area contributed by atoms with Gasteiger partial charge in [-0.05, 0) is 47.7 Å². The van der Waals surface area contributed by atoms with Crippen molar-refractivity contribution in [2.24, 2.45) is 0 Å². The molecule has 0 spiro atoms. The summed E-state index contributed by atoms with van der Waals surface area (Å²) in [7, 11) is 1.61. The first-order valence-corrected chi connectivity index (χ1v) is 10.5. The predicted molar refractivity (Wildman–Crippen MR) is 123 cm³/mol. The predicted octanol–water partition coefficient (Wildman–Crippen LogP) is 4.97. The van der Waals surface area contributed by atoms with E-state index in [-0.39, 0.29) is 5.69 Å². The molecule has 0 amide bonds. The number of hydrogen-bond donors (Lipinski definition) is 1. The van der Waals surface area contributed by atoms with Crippen molar-refractivity contribution in [3.63, 3.8) is 0 Å². The molecule has 4 aromatic rings. The van der Waals surface area contributed by atoms with Crippen LogP contribution < -0.4 is 15.2 Å². The van der Waals surface area contributed by atoms with Crippen molar-refractivity contribution in [2.45, 2.75) is 33.2 Å². The van der Waals surface area contributed by atoms with E-state index in [1.54, 1.807) is 11.7 Å². The Kier molecular flexibility index (Phi) is 5.80. The topological polar surface area (TPSA) is 69.1 Å². The number of ether oxygens (including phenoxy) is 2. The minimum atomic E-state index is -0.189. The lowest BCUT2D eigenvalue weighted by atomic mass is 9.93. The highest BCUT2D eigenvalue weighted by Crippen LogP contribution is 2.31. The van der Waals surface area contributed by atoms with Gasteiger partial charge in [-0.2, -0.15) is 0 Å². The molecule has 0 aliphatic heterocycles. The van der Waals surface area contributed by atoms with Crippen molar-refractivity contribution >= 4 is 11.2 Å². The van der Waals surface area contributed by atoms with E-state index in [0.717, 1.165) is 22.2 Å². The van der Waals surface area contributed by atoms with Gasteiger partial charge in [-0.15, -0.1) is 0 Å². The van der Waals surface area contributed by atoms with Crippen molar-refractivity contribution < 1.29 is 9.47 Å². The summed E-state index contributed by atoms with van der Waals surface area (Å²) in [6.45, 7) is 7.20. The fourth-order valence-corrected chi connectivity index (χ4v) is 3.87. The maximum atomic E-state index is 12.7.